The van der Waals surface area contributed by atoms with Crippen molar-refractivity contribution < 1.29 is 19.1 Å². The number of aromatic nitrogens is 3. The van der Waals surface area contributed by atoms with E-state index in [1.165, 1.54) is 32.3 Å². The maximum absolute atomic E-state index is 14.2. The van der Waals surface area contributed by atoms with Crippen molar-refractivity contribution in [3.8, 4) is 11.9 Å². The van der Waals surface area contributed by atoms with Crippen LogP contribution in [0, 0.1) is 11.3 Å². The molecule has 1 unspecified atom stereocenters. The average Bonchev–Trinajstić information content (AvgIpc) is 3.29. The average molecular weight is 502 g/mol. The number of nitrogens with two attached hydrogens (primary N) is 1. The maximum atomic E-state index is 14.2. The highest BCUT2D eigenvalue weighted by atomic mass is 19.1. The van der Waals surface area contributed by atoms with Crippen molar-refractivity contribution in [2.45, 2.75) is 25.6 Å². The van der Waals surface area contributed by atoms with Crippen LogP contribution in [0.3, 0.4) is 0 Å². The number of nitrogens with zero attached hydrogens (tertiary/aromatic N) is 4. The van der Waals surface area contributed by atoms with Crippen molar-refractivity contribution in [3.05, 3.63) is 77.7 Å². The van der Waals surface area contributed by atoms with Gasteiger partial charge in [0.25, 0.3) is 5.91 Å². The number of fused-ring (bicyclic) bond motifs is 1. The van der Waals surface area contributed by atoms with Gasteiger partial charge < -0.3 is 21.5 Å². The minimum absolute atomic E-state index is 0.104. The fourth-order valence-electron chi connectivity index (χ4n) is 3.56. The van der Waals surface area contributed by atoms with Crippen molar-refractivity contribution in [1.29, 1.82) is 5.26 Å². The lowest BCUT2D eigenvalue weighted by Gasteiger charge is -2.22. The Kier molecular flexibility index (Phi) is 6.86. The van der Waals surface area contributed by atoms with Crippen LogP contribution in [0.4, 0.5) is 15.8 Å². The molecule has 2 amide bonds. The van der Waals surface area contributed by atoms with E-state index in [2.05, 4.69) is 20.6 Å². The van der Waals surface area contributed by atoms with Crippen molar-refractivity contribution in [2.24, 2.45) is 5.73 Å². The normalized spacial score (nSPS) is 12.1. The van der Waals surface area contributed by atoms with E-state index in [1.807, 2.05) is 6.07 Å². The number of hydrogen-bond acceptors (Lipinski definition) is 7. The summed E-state index contributed by atoms with van der Waals surface area (Å²) < 4.78 is 15.9. The first-order valence-electron chi connectivity index (χ1n) is 11.3. The van der Waals surface area contributed by atoms with Crippen LogP contribution in [0.1, 0.15) is 40.1 Å². The van der Waals surface area contributed by atoms with E-state index in [1.54, 1.807) is 47.2 Å². The number of aliphatic hydroxyl groups is 1. The van der Waals surface area contributed by atoms with Crippen LogP contribution < -0.4 is 16.4 Å². The Morgan fingerprint density at radius 1 is 1.22 bits per heavy atom. The molecule has 0 radical (unpaired) electrons. The third kappa shape index (κ3) is 5.55. The highest BCUT2D eigenvalue weighted by Crippen LogP contribution is 2.26. The molecule has 4 aromatic rings. The first-order valence-corrected chi connectivity index (χ1v) is 11.3. The van der Waals surface area contributed by atoms with Crippen molar-refractivity contribution >= 4 is 34.2 Å². The van der Waals surface area contributed by atoms with Gasteiger partial charge in [-0.15, -0.1) is 0 Å². The zero-order chi connectivity index (χ0) is 26.7. The predicted molar refractivity (Wildman–Crippen MR) is 135 cm³/mol. The second-order valence-electron chi connectivity index (χ2n) is 8.92. The molecular weight excluding hydrogens is 477 g/mol. The second kappa shape index (κ2) is 10.0. The van der Waals surface area contributed by atoms with E-state index in [-0.39, 0.29) is 11.1 Å². The van der Waals surface area contributed by atoms with Gasteiger partial charge in [-0.3, -0.25) is 14.2 Å². The first kappa shape index (κ1) is 25.3. The molecule has 5 N–H and O–H groups in total. The van der Waals surface area contributed by atoms with Crippen LogP contribution in [0.2, 0.25) is 0 Å². The van der Waals surface area contributed by atoms with Crippen molar-refractivity contribution in [3.63, 3.8) is 0 Å². The van der Waals surface area contributed by atoms with Gasteiger partial charge in [-0.25, -0.2) is 14.4 Å². The van der Waals surface area contributed by atoms with E-state index in [9.17, 15) is 19.1 Å². The SMILES string of the molecule is CC(C)(O)C(F)CNC(=O)c1cnc(-n2ccc3cc(C#N)cnc32)cc1Nc1cccc(C(N)=O)c1. The Bertz CT molecular complexity index is 1540. The molecule has 4 rings (SSSR count). The fourth-order valence-corrected chi connectivity index (χ4v) is 3.56. The lowest BCUT2D eigenvalue weighted by Crippen LogP contribution is -2.42. The Hall–Kier alpha value is -4.82. The van der Waals surface area contributed by atoms with Crippen LogP contribution >= 0.6 is 0 Å². The van der Waals surface area contributed by atoms with Gasteiger partial charge in [-0.1, -0.05) is 6.07 Å². The largest absolute Gasteiger partial charge is 0.387 e. The molecule has 0 aliphatic heterocycles. The molecule has 0 spiro atoms. The molecule has 0 saturated carbocycles. The minimum atomic E-state index is -1.69. The van der Waals surface area contributed by atoms with Gasteiger partial charge >= 0.3 is 0 Å². The Balaban J connectivity index is 1.73. The number of amides is 2. The van der Waals surface area contributed by atoms with Crippen LogP contribution in [0.5, 0.6) is 0 Å². The number of halogens is 1. The van der Waals surface area contributed by atoms with Gasteiger partial charge in [0.05, 0.1) is 29.0 Å². The lowest BCUT2D eigenvalue weighted by molar-refractivity contribution is -0.00177. The highest BCUT2D eigenvalue weighted by molar-refractivity contribution is 6.00. The molecule has 1 atom stereocenters. The number of carbonyl (C=O) groups is 2. The second-order valence-corrected chi connectivity index (χ2v) is 8.92. The molecule has 11 heteroatoms. The summed E-state index contributed by atoms with van der Waals surface area (Å²) in [6.45, 7) is 2.22. The smallest absolute Gasteiger partial charge is 0.255 e. The molecule has 0 aliphatic rings. The van der Waals surface area contributed by atoms with Gasteiger partial charge in [-0.05, 0) is 44.2 Å². The summed E-state index contributed by atoms with van der Waals surface area (Å²) in [5.41, 5.74) is 5.91. The zero-order valence-corrected chi connectivity index (χ0v) is 20.1. The summed E-state index contributed by atoms with van der Waals surface area (Å²) >= 11 is 0. The van der Waals surface area contributed by atoms with Gasteiger partial charge in [0.1, 0.15) is 23.7 Å². The van der Waals surface area contributed by atoms with Crippen LogP contribution in [-0.4, -0.2) is 49.8 Å². The molecule has 1 aromatic carbocycles. The third-order valence-corrected chi connectivity index (χ3v) is 5.67. The number of pyridine rings is 2. The molecule has 37 heavy (non-hydrogen) atoms. The zero-order valence-electron chi connectivity index (χ0n) is 20.1. The summed E-state index contributed by atoms with van der Waals surface area (Å²) in [6, 6.07) is 13.6. The topological polar surface area (TPSA) is 159 Å². The number of anilines is 2. The van der Waals surface area contributed by atoms with E-state index in [0.29, 0.717) is 28.4 Å². The Labute approximate surface area is 211 Å². The molecule has 188 valence electrons. The number of nitrogens with one attached hydrogen (secondary N) is 2. The summed E-state index contributed by atoms with van der Waals surface area (Å²) in [4.78, 5) is 33.3. The molecule has 3 heterocycles. The maximum Gasteiger partial charge on any atom is 0.255 e. The van der Waals surface area contributed by atoms with Crippen molar-refractivity contribution in [1.82, 2.24) is 19.9 Å². The molecule has 3 aromatic heterocycles. The quantitative estimate of drug-likeness (QED) is 0.289. The number of nitriles is 1. The van der Waals surface area contributed by atoms with Crippen LogP contribution in [0.15, 0.2) is 61.1 Å². The molecule has 0 bridgehead atoms. The van der Waals surface area contributed by atoms with E-state index in [4.69, 9.17) is 11.0 Å². The lowest BCUT2D eigenvalue weighted by atomic mass is 10.0. The number of primary amides is 1. The molecule has 10 nitrogen and oxygen atoms in total. The Morgan fingerprint density at radius 2 is 2.00 bits per heavy atom. The summed E-state index contributed by atoms with van der Waals surface area (Å²) in [5, 5.41) is 25.3. The number of hydrogen-bond donors (Lipinski definition) is 4. The summed E-state index contributed by atoms with van der Waals surface area (Å²) in [5.74, 6) is -0.815. The summed E-state index contributed by atoms with van der Waals surface area (Å²) in [6.07, 6.45) is 2.82. The van der Waals surface area contributed by atoms with Gasteiger partial charge in [0.2, 0.25) is 5.91 Å². The van der Waals surface area contributed by atoms with Gasteiger partial charge in [0, 0.05) is 41.3 Å². The van der Waals surface area contributed by atoms with E-state index in [0.717, 1.165) is 5.39 Å². The number of benzene rings is 1. The van der Waals surface area contributed by atoms with Gasteiger partial charge in [-0.2, -0.15) is 5.26 Å². The molecule has 0 fully saturated rings. The molecule has 0 aliphatic carbocycles. The fraction of sp³-hybridized carbons (Fsp3) is 0.192. The number of alkyl halides is 1. The third-order valence-electron chi connectivity index (χ3n) is 5.67. The number of rotatable bonds is 8. The van der Waals surface area contributed by atoms with Gasteiger partial charge in [0.15, 0.2) is 0 Å². The highest BCUT2D eigenvalue weighted by Gasteiger charge is 2.27. The number of carbonyl (C=O) groups excluding carboxylic acids is 2. The standard InChI is InChI=1S/C26H24FN7O3/c1-26(2,37)21(27)14-32-25(36)19-13-30-22(34-7-6-17-8-15(11-28)12-31-24(17)34)10-20(19)33-18-5-3-4-16(9-18)23(29)35/h3-10,12-13,21,37H,14H2,1-2H3,(H2,29,35)(H,30,33)(H,32,36). The minimum Gasteiger partial charge on any atom is -0.387 e. The molecule has 0 saturated heterocycles. The van der Waals surface area contributed by atoms with Crippen LogP contribution in [0.25, 0.3) is 16.9 Å². The van der Waals surface area contributed by atoms with E-state index >= 15 is 0 Å². The van der Waals surface area contributed by atoms with Crippen LogP contribution in [-0.2, 0) is 0 Å². The van der Waals surface area contributed by atoms with Crippen molar-refractivity contribution in [2.75, 3.05) is 11.9 Å². The summed E-state index contributed by atoms with van der Waals surface area (Å²) in [7, 11) is 0. The predicted octanol–water partition coefficient (Wildman–Crippen LogP) is 2.97. The molecular formula is C26H24FN7O3. The Morgan fingerprint density at radius 3 is 2.70 bits per heavy atom. The first-order chi connectivity index (χ1) is 17.6. The monoisotopic (exact) mass is 501 g/mol. The van der Waals surface area contributed by atoms with E-state index < -0.39 is 30.1 Å².